The Kier molecular flexibility index (Phi) is 6.36. The lowest BCUT2D eigenvalue weighted by Gasteiger charge is -2.20. The molecular formula is C17H22NO5S-. The largest absolute Gasteiger partial charge is 0.550 e. The van der Waals surface area contributed by atoms with Crippen LogP contribution in [0, 0.1) is 5.92 Å². The van der Waals surface area contributed by atoms with Crippen LogP contribution >= 0.6 is 11.3 Å². The molecule has 2 rings (SSSR count). The summed E-state index contributed by atoms with van der Waals surface area (Å²) < 4.78 is 4.88. The van der Waals surface area contributed by atoms with Gasteiger partial charge in [0.25, 0.3) is 0 Å². The van der Waals surface area contributed by atoms with Crippen LogP contribution in [-0.4, -0.2) is 25.0 Å². The van der Waals surface area contributed by atoms with Crippen LogP contribution in [0.5, 0.6) is 0 Å². The van der Waals surface area contributed by atoms with Crippen LogP contribution in [0.4, 0.5) is 5.00 Å². The fraction of sp³-hybridized carbons (Fsp3) is 0.588. The maximum atomic E-state index is 12.2. The Morgan fingerprint density at radius 2 is 2.08 bits per heavy atom. The van der Waals surface area contributed by atoms with Crippen molar-refractivity contribution >= 4 is 34.2 Å². The Hall–Kier alpha value is -1.89. The SMILES string of the molecule is CCC1CCc2c(sc(NC(=O)CCCC(=O)[O-])c2C(=O)OC)C1. The highest BCUT2D eigenvalue weighted by Crippen LogP contribution is 2.40. The molecule has 1 heterocycles. The van der Waals surface area contributed by atoms with E-state index in [9.17, 15) is 19.5 Å². The molecule has 0 fully saturated rings. The van der Waals surface area contributed by atoms with E-state index in [-0.39, 0.29) is 25.2 Å². The fourth-order valence-electron chi connectivity index (χ4n) is 2.99. The molecule has 1 amide bonds. The first-order valence-corrected chi connectivity index (χ1v) is 9.00. The van der Waals surface area contributed by atoms with E-state index < -0.39 is 11.9 Å². The standard InChI is InChI=1S/C17H23NO5S/c1-3-10-7-8-11-12(9-10)24-16(15(11)17(22)23-2)18-13(19)5-4-6-14(20)21/h10H,3-9H2,1-2H3,(H,18,19)(H,20,21)/p-1. The minimum atomic E-state index is -1.17. The molecule has 1 aromatic heterocycles. The molecule has 7 heteroatoms. The number of esters is 1. The third kappa shape index (κ3) is 4.35. The molecule has 0 saturated heterocycles. The molecule has 1 N–H and O–H groups in total. The van der Waals surface area contributed by atoms with Crippen molar-refractivity contribution in [1.82, 2.24) is 0 Å². The lowest BCUT2D eigenvalue weighted by molar-refractivity contribution is -0.305. The van der Waals surface area contributed by atoms with Crippen molar-refractivity contribution in [1.29, 1.82) is 0 Å². The Morgan fingerprint density at radius 3 is 2.71 bits per heavy atom. The smallest absolute Gasteiger partial charge is 0.341 e. The van der Waals surface area contributed by atoms with Crippen molar-refractivity contribution in [2.24, 2.45) is 5.92 Å². The van der Waals surface area contributed by atoms with Crippen LogP contribution in [0.2, 0.25) is 0 Å². The van der Waals surface area contributed by atoms with Gasteiger partial charge in [-0.2, -0.15) is 0 Å². The van der Waals surface area contributed by atoms with E-state index in [2.05, 4.69) is 12.2 Å². The van der Waals surface area contributed by atoms with E-state index in [1.165, 1.54) is 18.4 Å². The fourth-order valence-corrected chi connectivity index (χ4v) is 4.36. The van der Waals surface area contributed by atoms with Gasteiger partial charge in [-0.3, -0.25) is 4.79 Å². The molecule has 0 aromatic carbocycles. The van der Waals surface area contributed by atoms with Gasteiger partial charge in [0.2, 0.25) is 5.91 Å². The average molecular weight is 352 g/mol. The van der Waals surface area contributed by atoms with Crippen LogP contribution in [0.1, 0.15) is 59.8 Å². The third-order valence-electron chi connectivity index (χ3n) is 4.37. The highest BCUT2D eigenvalue weighted by Gasteiger charge is 2.29. The number of aliphatic carboxylic acids is 1. The zero-order valence-corrected chi connectivity index (χ0v) is 14.8. The second kappa shape index (κ2) is 8.28. The van der Waals surface area contributed by atoms with Crippen LogP contribution < -0.4 is 10.4 Å². The van der Waals surface area contributed by atoms with Crippen LogP contribution in [-0.2, 0) is 27.2 Å². The Balaban J connectivity index is 2.16. The molecule has 0 aliphatic heterocycles. The summed E-state index contributed by atoms with van der Waals surface area (Å²) in [6.45, 7) is 2.16. The summed E-state index contributed by atoms with van der Waals surface area (Å²) in [5, 5.41) is 13.7. The second-order valence-corrected chi connectivity index (χ2v) is 7.10. The summed E-state index contributed by atoms with van der Waals surface area (Å²) in [4.78, 5) is 35.7. The summed E-state index contributed by atoms with van der Waals surface area (Å²) >= 11 is 1.43. The highest BCUT2D eigenvalue weighted by molar-refractivity contribution is 7.17. The molecule has 0 spiro atoms. The number of carboxylic acid groups (broad SMARTS) is 1. The first kappa shape index (κ1) is 18.4. The van der Waals surface area contributed by atoms with Crippen LogP contribution in [0.25, 0.3) is 0 Å². The van der Waals surface area contributed by atoms with Gasteiger partial charge >= 0.3 is 5.97 Å². The first-order chi connectivity index (χ1) is 11.5. The number of hydrogen-bond donors (Lipinski definition) is 1. The number of methoxy groups -OCH3 is 1. The lowest BCUT2D eigenvalue weighted by Crippen LogP contribution is -2.22. The molecular weight excluding hydrogens is 330 g/mol. The van der Waals surface area contributed by atoms with Gasteiger partial charge < -0.3 is 20.0 Å². The Labute approximate surface area is 145 Å². The number of amides is 1. The van der Waals surface area contributed by atoms with Crippen molar-refractivity contribution in [2.45, 2.75) is 51.9 Å². The number of hydrogen-bond acceptors (Lipinski definition) is 6. The second-order valence-electron chi connectivity index (χ2n) is 5.99. The summed E-state index contributed by atoms with van der Waals surface area (Å²) in [7, 11) is 1.33. The molecule has 0 radical (unpaired) electrons. The molecule has 132 valence electrons. The quantitative estimate of drug-likeness (QED) is 0.756. The number of carboxylic acids is 1. The molecule has 1 aromatic rings. The third-order valence-corrected chi connectivity index (χ3v) is 5.54. The monoisotopic (exact) mass is 352 g/mol. The van der Waals surface area contributed by atoms with E-state index in [4.69, 9.17) is 4.74 Å². The Morgan fingerprint density at radius 1 is 1.33 bits per heavy atom. The van der Waals surface area contributed by atoms with Gasteiger partial charge in [-0.1, -0.05) is 13.3 Å². The molecule has 0 saturated carbocycles. The lowest BCUT2D eigenvalue weighted by atomic mass is 9.85. The van der Waals surface area contributed by atoms with Gasteiger partial charge in [-0.15, -0.1) is 11.3 Å². The number of carbonyl (C=O) groups excluding carboxylic acids is 3. The number of nitrogens with one attached hydrogen (secondary N) is 1. The predicted molar refractivity (Wildman–Crippen MR) is 89.0 cm³/mol. The van der Waals surface area contributed by atoms with E-state index >= 15 is 0 Å². The van der Waals surface area contributed by atoms with Crippen molar-refractivity contribution in [3.63, 3.8) is 0 Å². The molecule has 1 unspecified atom stereocenters. The molecule has 1 aliphatic rings. The topological polar surface area (TPSA) is 95.5 Å². The van der Waals surface area contributed by atoms with E-state index in [1.54, 1.807) is 0 Å². The van der Waals surface area contributed by atoms with E-state index in [0.29, 0.717) is 16.5 Å². The maximum Gasteiger partial charge on any atom is 0.341 e. The van der Waals surface area contributed by atoms with Gasteiger partial charge in [0, 0.05) is 17.3 Å². The van der Waals surface area contributed by atoms with Gasteiger partial charge in [0.15, 0.2) is 0 Å². The minimum absolute atomic E-state index is 0.0781. The van der Waals surface area contributed by atoms with E-state index in [0.717, 1.165) is 36.1 Å². The maximum absolute atomic E-state index is 12.2. The van der Waals surface area contributed by atoms with Gasteiger partial charge in [0.05, 0.1) is 12.7 Å². The van der Waals surface area contributed by atoms with Crippen molar-refractivity contribution in [3.8, 4) is 0 Å². The summed E-state index contributed by atoms with van der Waals surface area (Å²) in [6.07, 6.45) is 3.99. The first-order valence-electron chi connectivity index (χ1n) is 8.18. The van der Waals surface area contributed by atoms with Crippen molar-refractivity contribution in [2.75, 3.05) is 12.4 Å². The van der Waals surface area contributed by atoms with Crippen LogP contribution in [0.3, 0.4) is 0 Å². The van der Waals surface area contributed by atoms with Crippen molar-refractivity contribution in [3.05, 3.63) is 16.0 Å². The van der Waals surface area contributed by atoms with Gasteiger partial charge in [-0.05, 0) is 43.6 Å². The summed E-state index contributed by atoms with van der Waals surface area (Å²) in [5.74, 6) is -1.30. The number of carbonyl (C=O) groups is 3. The zero-order valence-electron chi connectivity index (χ0n) is 14.0. The van der Waals surface area contributed by atoms with Gasteiger partial charge in [0.1, 0.15) is 5.00 Å². The predicted octanol–water partition coefficient (Wildman–Crippen LogP) is 1.91. The van der Waals surface area contributed by atoms with Crippen molar-refractivity contribution < 1.29 is 24.2 Å². The van der Waals surface area contributed by atoms with Crippen LogP contribution in [0.15, 0.2) is 0 Å². The number of thiophene rings is 1. The minimum Gasteiger partial charge on any atom is -0.550 e. The zero-order chi connectivity index (χ0) is 17.7. The number of rotatable bonds is 7. The normalized spacial score (nSPS) is 16.3. The van der Waals surface area contributed by atoms with Gasteiger partial charge in [-0.25, -0.2) is 4.79 Å². The Bertz CT molecular complexity index is 637. The number of fused-ring (bicyclic) bond motifs is 1. The number of anilines is 1. The van der Waals surface area contributed by atoms with E-state index in [1.807, 2.05) is 0 Å². The molecule has 1 aliphatic carbocycles. The average Bonchev–Trinajstić information content (AvgIpc) is 2.90. The summed E-state index contributed by atoms with van der Waals surface area (Å²) in [5.41, 5.74) is 1.45. The molecule has 6 nitrogen and oxygen atoms in total. The molecule has 0 bridgehead atoms. The molecule has 1 atom stereocenters. The summed E-state index contributed by atoms with van der Waals surface area (Å²) in [6, 6.07) is 0. The number of ether oxygens (including phenoxy) is 1. The molecule has 24 heavy (non-hydrogen) atoms. The highest BCUT2D eigenvalue weighted by atomic mass is 32.1.